The second-order valence-electron chi connectivity index (χ2n) is 5.27. The van der Waals surface area contributed by atoms with Crippen LogP contribution in [0, 0.1) is 6.92 Å². The second kappa shape index (κ2) is 5.68. The summed E-state index contributed by atoms with van der Waals surface area (Å²) in [4.78, 5) is 0. The van der Waals surface area contributed by atoms with Crippen LogP contribution in [0.2, 0.25) is 0 Å². The van der Waals surface area contributed by atoms with Crippen LogP contribution in [0.15, 0.2) is 66.7 Å². The zero-order chi connectivity index (χ0) is 13.9. The van der Waals surface area contributed by atoms with E-state index in [4.69, 9.17) is 11.6 Å². The third kappa shape index (κ3) is 2.86. The lowest BCUT2D eigenvalue weighted by molar-refractivity contribution is 0.920. The first kappa shape index (κ1) is 13.2. The lowest BCUT2D eigenvalue weighted by Crippen LogP contribution is -1.96. The molecule has 0 spiro atoms. The predicted molar refractivity (Wildman–Crippen MR) is 87.4 cm³/mol. The van der Waals surface area contributed by atoms with Gasteiger partial charge in [0, 0.05) is 0 Å². The van der Waals surface area contributed by atoms with E-state index in [1.165, 1.54) is 27.5 Å². The monoisotopic (exact) mass is 280 g/mol. The van der Waals surface area contributed by atoms with Gasteiger partial charge in [-0.05, 0) is 35.2 Å². The molecule has 20 heavy (non-hydrogen) atoms. The first-order chi connectivity index (χ1) is 9.72. The number of aryl methyl sites for hydroxylation is 1. The molecule has 3 rings (SSSR count). The summed E-state index contributed by atoms with van der Waals surface area (Å²) in [6.45, 7) is 2.10. The highest BCUT2D eigenvalue weighted by molar-refractivity contribution is 6.20. The van der Waals surface area contributed by atoms with Gasteiger partial charge in [0.05, 0.1) is 5.38 Å². The molecule has 0 aliphatic carbocycles. The fourth-order valence-corrected chi connectivity index (χ4v) is 2.87. The Kier molecular flexibility index (Phi) is 3.75. The van der Waals surface area contributed by atoms with Crippen molar-refractivity contribution in [2.75, 3.05) is 0 Å². The van der Waals surface area contributed by atoms with Gasteiger partial charge >= 0.3 is 0 Å². The van der Waals surface area contributed by atoms with Crippen LogP contribution in [0.3, 0.4) is 0 Å². The van der Waals surface area contributed by atoms with Gasteiger partial charge < -0.3 is 0 Å². The summed E-state index contributed by atoms with van der Waals surface area (Å²) in [5, 5.41) is 2.58. The molecule has 3 aromatic carbocycles. The Morgan fingerprint density at radius 2 is 1.65 bits per heavy atom. The third-order valence-corrected chi connectivity index (χ3v) is 4.04. The fourth-order valence-electron chi connectivity index (χ4n) is 2.56. The van der Waals surface area contributed by atoms with Crippen LogP contribution in [0.5, 0.6) is 0 Å². The number of rotatable bonds is 3. The van der Waals surface area contributed by atoms with Crippen LogP contribution in [0.25, 0.3) is 10.8 Å². The van der Waals surface area contributed by atoms with Gasteiger partial charge in [-0.25, -0.2) is 0 Å². The summed E-state index contributed by atoms with van der Waals surface area (Å²) in [7, 11) is 0. The molecule has 0 aromatic heterocycles. The molecule has 0 radical (unpaired) electrons. The quantitative estimate of drug-likeness (QED) is 0.542. The van der Waals surface area contributed by atoms with Crippen LogP contribution in [-0.4, -0.2) is 0 Å². The molecule has 3 aromatic rings. The normalized spacial score (nSPS) is 12.5. The van der Waals surface area contributed by atoms with Crippen LogP contribution < -0.4 is 0 Å². The van der Waals surface area contributed by atoms with Crippen molar-refractivity contribution < 1.29 is 0 Å². The molecule has 0 fully saturated rings. The van der Waals surface area contributed by atoms with Gasteiger partial charge in [-0.1, -0.05) is 72.3 Å². The standard InChI is InChI=1S/C19H17Cl/c1-14-5-4-8-18(11-14)19(20)13-15-9-10-16-6-2-3-7-17(16)12-15/h2-12,19H,13H2,1H3. The molecule has 1 heteroatoms. The first-order valence-corrected chi connectivity index (χ1v) is 7.34. The van der Waals surface area contributed by atoms with Crippen molar-refractivity contribution in [2.24, 2.45) is 0 Å². The largest absolute Gasteiger partial charge is 0.117 e. The van der Waals surface area contributed by atoms with E-state index in [0.717, 1.165) is 6.42 Å². The highest BCUT2D eigenvalue weighted by Gasteiger charge is 2.09. The van der Waals surface area contributed by atoms with Crippen molar-refractivity contribution in [3.8, 4) is 0 Å². The third-order valence-electron chi connectivity index (χ3n) is 3.63. The Labute approximate surface area is 125 Å². The lowest BCUT2D eigenvalue weighted by atomic mass is 10.00. The molecule has 0 heterocycles. The van der Waals surface area contributed by atoms with Gasteiger partial charge in [0.15, 0.2) is 0 Å². The van der Waals surface area contributed by atoms with Crippen LogP contribution >= 0.6 is 11.6 Å². The molecule has 100 valence electrons. The maximum absolute atomic E-state index is 6.56. The van der Waals surface area contributed by atoms with E-state index < -0.39 is 0 Å². The Bertz CT molecular complexity index is 730. The van der Waals surface area contributed by atoms with Crippen LogP contribution in [0.4, 0.5) is 0 Å². The molecule has 0 amide bonds. The molecule has 0 saturated heterocycles. The molecule has 0 saturated carbocycles. The summed E-state index contributed by atoms with van der Waals surface area (Å²) >= 11 is 6.56. The van der Waals surface area contributed by atoms with Crippen molar-refractivity contribution >= 4 is 22.4 Å². The van der Waals surface area contributed by atoms with Crippen LogP contribution in [0.1, 0.15) is 22.1 Å². The van der Waals surface area contributed by atoms with Gasteiger partial charge in [0.25, 0.3) is 0 Å². The second-order valence-corrected chi connectivity index (χ2v) is 5.79. The van der Waals surface area contributed by atoms with E-state index in [1.54, 1.807) is 0 Å². The molecule has 0 aliphatic rings. The Balaban J connectivity index is 1.85. The summed E-state index contributed by atoms with van der Waals surface area (Å²) in [6, 6.07) is 23.4. The summed E-state index contributed by atoms with van der Waals surface area (Å²) in [5.41, 5.74) is 3.73. The number of halogens is 1. The SMILES string of the molecule is Cc1cccc(C(Cl)Cc2ccc3ccccc3c2)c1. The van der Waals surface area contributed by atoms with Gasteiger partial charge in [0.1, 0.15) is 0 Å². The number of hydrogen-bond donors (Lipinski definition) is 0. The van der Waals surface area contributed by atoms with Gasteiger partial charge in [-0.2, -0.15) is 0 Å². The molecule has 1 unspecified atom stereocenters. The molecular weight excluding hydrogens is 264 g/mol. The van der Waals surface area contributed by atoms with Crippen molar-refractivity contribution in [3.63, 3.8) is 0 Å². The number of fused-ring (bicyclic) bond motifs is 1. The zero-order valence-electron chi connectivity index (χ0n) is 11.5. The summed E-state index contributed by atoms with van der Waals surface area (Å²) in [5.74, 6) is 0. The lowest BCUT2D eigenvalue weighted by Gasteiger charge is -2.11. The fraction of sp³-hybridized carbons (Fsp3) is 0.158. The Morgan fingerprint density at radius 3 is 2.45 bits per heavy atom. The molecular formula is C19H17Cl. The van der Waals surface area contributed by atoms with Crippen molar-refractivity contribution in [3.05, 3.63) is 83.4 Å². The smallest absolute Gasteiger partial charge is 0.0625 e. The molecule has 1 atom stereocenters. The van der Waals surface area contributed by atoms with E-state index in [9.17, 15) is 0 Å². The molecule has 0 N–H and O–H groups in total. The minimum absolute atomic E-state index is 0.0241. The zero-order valence-corrected chi connectivity index (χ0v) is 12.3. The van der Waals surface area contributed by atoms with E-state index in [0.29, 0.717) is 0 Å². The minimum Gasteiger partial charge on any atom is -0.117 e. The molecule has 0 bridgehead atoms. The van der Waals surface area contributed by atoms with Crippen molar-refractivity contribution in [1.29, 1.82) is 0 Å². The van der Waals surface area contributed by atoms with Gasteiger partial charge in [-0.15, -0.1) is 11.6 Å². The molecule has 0 aliphatic heterocycles. The van der Waals surface area contributed by atoms with E-state index >= 15 is 0 Å². The van der Waals surface area contributed by atoms with E-state index in [-0.39, 0.29) is 5.38 Å². The van der Waals surface area contributed by atoms with Crippen LogP contribution in [-0.2, 0) is 6.42 Å². The summed E-state index contributed by atoms with van der Waals surface area (Å²) < 4.78 is 0. The van der Waals surface area contributed by atoms with Gasteiger partial charge in [-0.3, -0.25) is 0 Å². The van der Waals surface area contributed by atoms with E-state index in [2.05, 4.69) is 73.7 Å². The molecule has 0 nitrogen and oxygen atoms in total. The minimum atomic E-state index is 0.0241. The first-order valence-electron chi connectivity index (χ1n) is 6.91. The van der Waals surface area contributed by atoms with Crippen molar-refractivity contribution in [2.45, 2.75) is 18.7 Å². The maximum atomic E-state index is 6.56. The summed E-state index contributed by atoms with van der Waals surface area (Å²) in [6.07, 6.45) is 0.857. The Hall–Kier alpha value is -1.79. The maximum Gasteiger partial charge on any atom is 0.0625 e. The Morgan fingerprint density at radius 1 is 0.850 bits per heavy atom. The van der Waals surface area contributed by atoms with Gasteiger partial charge in [0.2, 0.25) is 0 Å². The highest BCUT2D eigenvalue weighted by atomic mass is 35.5. The highest BCUT2D eigenvalue weighted by Crippen LogP contribution is 2.27. The average Bonchev–Trinajstić information content (AvgIpc) is 2.47. The number of benzene rings is 3. The average molecular weight is 281 g/mol. The van der Waals surface area contributed by atoms with E-state index in [1.807, 2.05) is 0 Å². The predicted octanol–water partition coefficient (Wildman–Crippen LogP) is 5.67. The number of hydrogen-bond acceptors (Lipinski definition) is 0. The number of alkyl halides is 1. The topological polar surface area (TPSA) is 0 Å². The van der Waals surface area contributed by atoms with Crippen molar-refractivity contribution in [1.82, 2.24) is 0 Å².